The van der Waals surface area contributed by atoms with Crippen molar-refractivity contribution in [1.82, 2.24) is 0 Å². The summed E-state index contributed by atoms with van der Waals surface area (Å²) in [6, 6.07) is 13.6. The molecular formula is C32H44BrClN2O2S. The van der Waals surface area contributed by atoms with E-state index >= 15 is 0 Å². The van der Waals surface area contributed by atoms with Gasteiger partial charge in [0.2, 0.25) is 11.4 Å². The van der Waals surface area contributed by atoms with Gasteiger partial charge >= 0.3 is 0 Å². The zero-order chi connectivity index (χ0) is 26.8. The van der Waals surface area contributed by atoms with Crippen molar-refractivity contribution in [1.29, 1.82) is 0 Å². The number of hydrogen-bond acceptors (Lipinski definition) is 3. The lowest BCUT2D eigenvalue weighted by Gasteiger charge is -2.10. The first-order chi connectivity index (χ1) is 18.6. The summed E-state index contributed by atoms with van der Waals surface area (Å²) in [5, 5.41) is 5.61. The Bertz CT molecular complexity index is 1080. The number of halogens is 2. The molecular weight excluding hydrogens is 592 g/mol. The molecule has 3 rings (SSSR count). The number of aromatic nitrogens is 1. The van der Waals surface area contributed by atoms with Crippen LogP contribution in [0.2, 0.25) is 5.02 Å². The molecule has 0 saturated carbocycles. The van der Waals surface area contributed by atoms with Crippen molar-refractivity contribution in [3.8, 4) is 5.75 Å². The molecule has 1 N–H and O–H groups in total. The molecule has 3 aromatic rings. The number of benzene rings is 2. The average Bonchev–Trinajstić information content (AvgIpc) is 3.41. The van der Waals surface area contributed by atoms with Crippen LogP contribution in [-0.4, -0.2) is 12.5 Å². The molecule has 214 valence electrons. The van der Waals surface area contributed by atoms with E-state index in [9.17, 15) is 4.79 Å². The van der Waals surface area contributed by atoms with E-state index in [1.807, 2.05) is 48.0 Å². The van der Waals surface area contributed by atoms with E-state index in [0.717, 1.165) is 35.5 Å². The molecule has 0 unspecified atom stereocenters. The highest BCUT2D eigenvalue weighted by Gasteiger charge is 2.10. The van der Waals surface area contributed by atoms with Crippen molar-refractivity contribution in [2.75, 3.05) is 11.9 Å². The topological polar surface area (TPSA) is 42.2 Å². The second-order valence-corrected chi connectivity index (χ2v) is 11.3. The molecule has 0 aliphatic heterocycles. The molecule has 0 atom stereocenters. The number of hydrogen-bond donors (Lipinski definition) is 1. The van der Waals surface area contributed by atoms with E-state index in [2.05, 4.69) is 28.4 Å². The number of rotatable bonds is 19. The third kappa shape index (κ3) is 13.8. The maximum atomic E-state index is 12.7. The van der Waals surface area contributed by atoms with Crippen LogP contribution >= 0.6 is 22.9 Å². The third-order valence-electron chi connectivity index (χ3n) is 6.75. The van der Waals surface area contributed by atoms with Crippen molar-refractivity contribution in [3.05, 3.63) is 75.7 Å². The number of amides is 1. The molecule has 0 aliphatic rings. The van der Waals surface area contributed by atoms with Crippen molar-refractivity contribution >= 4 is 34.5 Å². The SMILES string of the molecule is CCCCCCCCCCCCCCOc1ccc(CC(=O)Nc2cccc(C[n+]3ccsc3)c2)c(Cl)c1.[Br-]. The number of carbonyl (C=O) groups is 1. The molecule has 4 nitrogen and oxygen atoms in total. The fourth-order valence-corrected chi connectivity index (χ4v) is 5.42. The minimum atomic E-state index is -0.0857. The largest absolute Gasteiger partial charge is 1.00 e. The number of nitrogens with one attached hydrogen (secondary N) is 1. The second kappa shape index (κ2) is 20.1. The van der Waals surface area contributed by atoms with Crippen LogP contribution in [0, 0.1) is 0 Å². The quantitative estimate of drug-likeness (QED) is 0.130. The smallest absolute Gasteiger partial charge is 0.228 e. The van der Waals surface area contributed by atoms with Crippen LogP contribution < -0.4 is 31.6 Å². The van der Waals surface area contributed by atoms with Crippen molar-refractivity contribution in [3.63, 3.8) is 0 Å². The van der Waals surface area contributed by atoms with Gasteiger partial charge in [0.25, 0.3) is 0 Å². The van der Waals surface area contributed by atoms with Crippen molar-refractivity contribution in [2.45, 2.75) is 96.9 Å². The summed E-state index contributed by atoms with van der Waals surface area (Å²) in [5.74, 6) is 0.679. The van der Waals surface area contributed by atoms with E-state index in [-0.39, 0.29) is 29.3 Å². The third-order valence-corrected chi connectivity index (χ3v) is 7.77. The Hall–Kier alpha value is -1.89. The second-order valence-electron chi connectivity index (χ2n) is 10.1. The monoisotopic (exact) mass is 634 g/mol. The maximum Gasteiger partial charge on any atom is 0.228 e. The molecule has 0 bridgehead atoms. The molecule has 2 aromatic carbocycles. The summed E-state index contributed by atoms with van der Waals surface area (Å²) < 4.78 is 8.02. The maximum absolute atomic E-state index is 12.7. The van der Waals surface area contributed by atoms with Crippen LogP contribution in [0.3, 0.4) is 0 Å². The lowest BCUT2D eigenvalue weighted by molar-refractivity contribution is -0.683. The number of carbonyl (C=O) groups excluding carboxylic acids is 1. The Morgan fingerprint density at radius 3 is 2.26 bits per heavy atom. The fraction of sp³-hybridized carbons (Fsp3) is 0.500. The molecule has 0 spiro atoms. The van der Waals surface area contributed by atoms with E-state index in [0.29, 0.717) is 11.6 Å². The van der Waals surface area contributed by atoms with Gasteiger partial charge in [0.1, 0.15) is 5.75 Å². The van der Waals surface area contributed by atoms with Gasteiger partial charge < -0.3 is 27.0 Å². The predicted octanol–water partition coefficient (Wildman–Crippen LogP) is 6.00. The van der Waals surface area contributed by atoms with Gasteiger partial charge in [0, 0.05) is 16.3 Å². The highest BCUT2D eigenvalue weighted by molar-refractivity contribution is 7.07. The van der Waals surface area contributed by atoms with E-state index in [1.165, 1.54) is 70.6 Å². The Morgan fingerprint density at radius 1 is 0.923 bits per heavy atom. The number of ether oxygens (including phenoxy) is 1. The highest BCUT2D eigenvalue weighted by atomic mass is 79.9. The predicted molar refractivity (Wildman–Crippen MR) is 160 cm³/mol. The lowest BCUT2D eigenvalue weighted by atomic mass is 10.1. The standard InChI is InChI=1S/C32H43ClN2O2S.BrH/c1-2-3-4-5-6-7-8-9-10-11-12-13-20-37-30-18-17-28(31(33)24-30)23-32(36)34-29-16-14-15-27(22-29)25-35-19-21-38-26-35;/h14-19,21-22,24,26H,2-13,20,23,25H2,1H3;1H. The first kappa shape index (κ1) is 33.3. The van der Waals surface area contributed by atoms with Gasteiger partial charge in [-0.1, -0.05) is 119 Å². The fourth-order valence-electron chi connectivity index (χ4n) is 4.58. The van der Waals surface area contributed by atoms with E-state index in [4.69, 9.17) is 16.3 Å². The van der Waals surface area contributed by atoms with Gasteiger partial charge in [-0.3, -0.25) is 4.79 Å². The van der Waals surface area contributed by atoms with Crippen LogP contribution in [0.1, 0.15) is 95.1 Å². The van der Waals surface area contributed by atoms with Gasteiger partial charge in [-0.25, -0.2) is 0 Å². The van der Waals surface area contributed by atoms with Gasteiger partial charge in [-0.2, -0.15) is 4.57 Å². The summed E-state index contributed by atoms with van der Waals surface area (Å²) in [7, 11) is 0. The van der Waals surface area contributed by atoms with Crippen molar-refractivity contribution in [2.24, 2.45) is 0 Å². The van der Waals surface area contributed by atoms with Crippen LogP contribution in [0.25, 0.3) is 0 Å². The molecule has 1 aromatic heterocycles. The zero-order valence-electron chi connectivity index (χ0n) is 23.3. The minimum absolute atomic E-state index is 0. The van der Waals surface area contributed by atoms with Gasteiger partial charge in [-0.05, 0) is 36.2 Å². The molecule has 39 heavy (non-hydrogen) atoms. The molecule has 0 saturated heterocycles. The summed E-state index contributed by atoms with van der Waals surface area (Å²) in [4.78, 5) is 12.7. The zero-order valence-corrected chi connectivity index (χ0v) is 26.5. The van der Waals surface area contributed by atoms with Crippen LogP contribution in [-0.2, 0) is 17.8 Å². The van der Waals surface area contributed by atoms with Gasteiger partial charge in [0.15, 0.2) is 12.7 Å². The lowest BCUT2D eigenvalue weighted by Crippen LogP contribution is -3.00. The highest BCUT2D eigenvalue weighted by Crippen LogP contribution is 2.24. The molecule has 7 heteroatoms. The molecule has 0 radical (unpaired) electrons. The minimum Gasteiger partial charge on any atom is -1.00 e. The van der Waals surface area contributed by atoms with Crippen LogP contribution in [0.15, 0.2) is 59.6 Å². The molecule has 1 amide bonds. The van der Waals surface area contributed by atoms with Gasteiger partial charge in [0.05, 0.1) is 18.4 Å². The Balaban J connectivity index is 0.00000533. The molecule has 0 aliphatic carbocycles. The summed E-state index contributed by atoms with van der Waals surface area (Å²) in [6.45, 7) is 3.75. The normalized spacial score (nSPS) is 10.7. The van der Waals surface area contributed by atoms with E-state index < -0.39 is 0 Å². The Morgan fingerprint density at radius 2 is 1.62 bits per heavy atom. The Labute approximate surface area is 254 Å². The number of unbranched alkanes of at least 4 members (excludes halogenated alkanes) is 11. The number of anilines is 1. The number of nitrogens with zero attached hydrogens (tertiary/aromatic N) is 1. The summed E-state index contributed by atoms with van der Waals surface area (Å²) in [5.41, 5.74) is 4.80. The average molecular weight is 636 g/mol. The summed E-state index contributed by atoms with van der Waals surface area (Å²) in [6.07, 6.45) is 18.2. The first-order valence-electron chi connectivity index (χ1n) is 14.4. The molecule has 1 heterocycles. The van der Waals surface area contributed by atoms with Crippen molar-refractivity contribution < 1.29 is 31.1 Å². The van der Waals surface area contributed by atoms with Crippen LogP contribution in [0.4, 0.5) is 5.69 Å². The summed E-state index contributed by atoms with van der Waals surface area (Å²) >= 11 is 8.14. The molecule has 0 fully saturated rings. The van der Waals surface area contributed by atoms with E-state index in [1.54, 1.807) is 11.3 Å². The van der Waals surface area contributed by atoms with Crippen LogP contribution in [0.5, 0.6) is 5.75 Å². The first-order valence-corrected chi connectivity index (χ1v) is 15.7. The Kier molecular flexibility index (Phi) is 17.1. The number of thiazole rings is 1. The van der Waals surface area contributed by atoms with Gasteiger partial charge in [-0.15, -0.1) is 0 Å².